The van der Waals surface area contributed by atoms with Gasteiger partial charge in [0.2, 0.25) is 0 Å². The quantitative estimate of drug-likeness (QED) is 0.504. The highest BCUT2D eigenvalue weighted by Gasteiger charge is 2.28. The second-order valence-corrected chi connectivity index (χ2v) is 6.69. The Morgan fingerprint density at radius 1 is 1.14 bits per heavy atom. The summed E-state index contributed by atoms with van der Waals surface area (Å²) in [4.78, 5) is 9.23. The molecule has 1 aromatic heterocycles. The normalized spacial score (nSPS) is 16.1. The molecule has 0 amide bonds. The summed E-state index contributed by atoms with van der Waals surface area (Å²) in [7, 11) is 0. The zero-order valence-electron chi connectivity index (χ0n) is 13.7. The molecule has 0 saturated heterocycles. The predicted molar refractivity (Wildman–Crippen MR) is 88.3 cm³/mol. The summed E-state index contributed by atoms with van der Waals surface area (Å²) in [6.45, 7) is 8.77. The van der Waals surface area contributed by atoms with E-state index in [-0.39, 0.29) is 0 Å². The van der Waals surface area contributed by atoms with E-state index in [0.717, 1.165) is 35.4 Å². The molecule has 1 fully saturated rings. The molecule has 1 saturated carbocycles. The molecule has 0 bridgehead atoms. The van der Waals surface area contributed by atoms with Crippen molar-refractivity contribution in [2.24, 2.45) is 11.8 Å². The van der Waals surface area contributed by atoms with Gasteiger partial charge in [-0.15, -0.1) is 0 Å². The Morgan fingerprint density at radius 2 is 1.81 bits per heavy atom. The molecule has 5 heteroatoms. The Bertz CT molecular complexity index is 468. The molecule has 1 aliphatic rings. The maximum absolute atomic E-state index is 5.59. The summed E-state index contributed by atoms with van der Waals surface area (Å²) in [5.41, 5.74) is 3.70. The second-order valence-electron chi connectivity index (χ2n) is 6.69. The van der Waals surface area contributed by atoms with Gasteiger partial charge in [0.1, 0.15) is 17.5 Å². The minimum atomic E-state index is 0.412. The summed E-state index contributed by atoms with van der Waals surface area (Å²) in [5.74, 6) is 9.47. The molecular formula is C16H29N5. The van der Waals surface area contributed by atoms with Gasteiger partial charge >= 0.3 is 0 Å². The van der Waals surface area contributed by atoms with Gasteiger partial charge < -0.3 is 10.7 Å². The van der Waals surface area contributed by atoms with E-state index in [9.17, 15) is 0 Å². The number of rotatable bonds is 8. The molecule has 1 atom stereocenters. The predicted octanol–water partition coefficient (Wildman–Crippen LogP) is 3.57. The van der Waals surface area contributed by atoms with Crippen LogP contribution in [0.4, 0.5) is 11.6 Å². The third kappa shape index (κ3) is 4.56. The molecule has 5 nitrogen and oxygen atoms in total. The van der Waals surface area contributed by atoms with E-state index in [2.05, 4.69) is 36.5 Å². The number of hydrogen-bond donors (Lipinski definition) is 3. The van der Waals surface area contributed by atoms with Crippen molar-refractivity contribution >= 4 is 11.6 Å². The van der Waals surface area contributed by atoms with Gasteiger partial charge in [-0.05, 0) is 39.0 Å². The lowest BCUT2D eigenvalue weighted by Gasteiger charge is -2.18. The van der Waals surface area contributed by atoms with Crippen molar-refractivity contribution in [1.29, 1.82) is 0 Å². The van der Waals surface area contributed by atoms with Crippen LogP contribution in [-0.2, 0) is 0 Å². The standard InChI is InChI=1S/C16H29N5/c1-10(2)6-5-7-11(3)18-14-12(4)15(21-17)20-16(19-14)13-8-9-13/h10-11,13H,5-9,17H2,1-4H3,(H2,18,19,20,21). The maximum Gasteiger partial charge on any atom is 0.148 e. The fraction of sp³-hybridized carbons (Fsp3) is 0.750. The highest BCUT2D eigenvalue weighted by Crippen LogP contribution is 2.39. The minimum absolute atomic E-state index is 0.412. The van der Waals surface area contributed by atoms with E-state index in [1.165, 1.54) is 25.7 Å². The Labute approximate surface area is 128 Å². The molecule has 0 spiro atoms. The smallest absolute Gasteiger partial charge is 0.148 e. The van der Waals surface area contributed by atoms with E-state index >= 15 is 0 Å². The number of nitrogens with two attached hydrogens (primary N) is 1. The van der Waals surface area contributed by atoms with Gasteiger partial charge in [0.15, 0.2) is 0 Å². The lowest BCUT2D eigenvalue weighted by Crippen LogP contribution is -2.20. The van der Waals surface area contributed by atoms with E-state index in [0.29, 0.717) is 12.0 Å². The van der Waals surface area contributed by atoms with Gasteiger partial charge in [-0.2, -0.15) is 0 Å². The van der Waals surface area contributed by atoms with Gasteiger partial charge in [0.25, 0.3) is 0 Å². The van der Waals surface area contributed by atoms with Crippen LogP contribution in [0.3, 0.4) is 0 Å². The lowest BCUT2D eigenvalue weighted by molar-refractivity contribution is 0.520. The lowest BCUT2D eigenvalue weighted by atomic mass is 10.0. The first-order chi connectivity index (χ1) is 10.0. The van der Waals surface area contributed by atoms with Crippen LogP contribution in [0.1, 0.15) is 70.2 Å². The topological polar surface area (TPSA) is 75.9 Å². The molecule has 21 heavy (non-hydrogen) atoms. The second kappa shape index (κ2) is 7.07. The fourth-order valence-corrected chi connectivity index (χ4v) is 2.48. The van der Waals surface area contributed by atoms with Crippen molar-refractivity contribution < 1.29 is 0 Å². The van der Waals surface area contributed by atoms with Crippen molar-refractivity contribution in [2.75, 3.05) is 10.7 Å². The molecule has 1 aliphatic carbocycles. The van der Waals surface area contributed by atoms with Gasteiger partial charge in [0.05, 0.1) is 0 Å². The Morgan fingerprint density at radius 3 is 2.38 bits per heavy atom. The number of anilines is 2. The zero-order chi connectivity index (χ0) is 15.4. The Hall–Kier alpha value is -1.36. The first-order valence-electron chi connectivity index (χ1n) is 8.13. The number of nitrogens with zero attached hydrogens (tertiary/aromatic N) is 2. The number of nitrogens with one attached hydrogen (secondary N) is 2. The molecule has 1 heterocycles. The number of aromatic nitrogens is 2. The summed E-state index contributed by atoms with van der Waals surface area (Å²) in [6, 6.07) is 0.412. The number of hydrazine groups is 1. The van der Waals surface area contributed by atoms with Crippen molar-refractivity contribution in [3.63, 3.8) is 0 Å². The summed E-state index contributed by atoms with van der Waals surface area (Å²) in [5, 5.41) is 3.53. The molecule has 0 radical (unpaired) electrons. The third-order valence-electron chi connectivity index (χ3n) is 4.04. The monoisotopic (exact) mass is 291 g/mol. The molecule has 0 aromatic carbocycles. The van der Waals surface area contributed by atoms with E-state index in [4.69, 9.17) is 10.8 Å². The maximum atomic E-state index is 5.59. The number of hydrogen-bond acceptors (Lipinski definition) is 5. The molecule has 1 aromatic rings. The van der Waals surface area contributed by atoms with Crippen LogP contribution < -0.4 is 16.6 Å². The van der Waals surface area contributed by atoms with Gasteiger partial charge in [-0.1, -0.05) is 26.7 Å². The van der Waals surface area contributed by atoms with Crippen LogP contribution in [0.25, 0.3) is 0 Å². The third-order valence-corrected chi connectivity index (χ3v) is 4.04. The fourth-order valence-electron chi connectivity index (χ4n) is 2.48. The highest BCUT2D eigenvalue weighted by molar-refractivity contribution is 5.57. The molecule has 2 rings (SSSR count). The van der Waals surface area contributed by atoms with Crippen LogP contribution in [0, 0.1) is 12.8 Å². The minimum Gasteiger partial charge on any atom is -0.367 e. The average Bonchev–Trinajstić information content (AvgIpc) is 3.25. The van der Waals surface area contributed by atoms with Crippen molar-refractivity contribution in [3.8, 4) is 0 Å². The van der Waals surface area contributed by atoms with Crippen LogP contribution in [0.2, 0.25) is 0 Å². The van der Waals surface area contributed by atoms with E-state index < -0.39 is 0 Å². The average molecular weight is 291 g/mol. The van der Waals surface area contributed by atoms with E-state index in [1.54, 1.807) is 0 Å². The highest BCUT2D eigenvalue weighted by atomic mass is 15.3. The van der Waals surface area contributed by atoms with Crippen LogP contribution in [0.5, 0.6) is 0 Å². The van der Waals surface area contributed by atoms with Crippen LogP contribution in [-0.4, -0.2) is 16.0 Å². The summed E-state index contributed by atoms with van der Waals surface area (Å²) < 4.78 is 0. The molecule has 1 unspecified atom stereocenters. The van der Waals surface area contributed by atoms with Crippen LogP contribution in [0.15, 0.2) is 0 Å². The number of nitrogen functional groups attached to an aromatic ring is 1. The van der Waals surface area contributed by atoms with Gasteiger partial charge in [-0.3, -0.25) is 0 Å². The summed E-state index contributed by atoms with van der Waals surface area (Å²) >= 11 is 0. The molecular weight excluding hydrogens is 262 g/mol. The zero-order valence-corrected chi connectivity index (χ0v) is 13.7. The first kappa shape index (κ1) is 16.0. The van der Waals surface area contributed by atoms with Crippen molar-refractivity contribution in [3.05, 3.63) is 11.4 Å². The SMILES string of the molecule is Cc1c(NN)nc(C2CC2)nc1NC(C)CCCC(C)C. The van der Waals surface area contributed by atoms with Crippen molar-refractivity contribution in [1.82, 2.24) is 9.97 Å². The Balaban J connectivity index is 2.02. The van der Waals surface area contributed by atoms with Crippen molar-refractivity contribution in [2.45, 2.75) is 71.8 Å². The molecule has 118 valence electrons. The van der Waals surface area contributed by atoms with Gasteiger partial charge in [-0.25, -0.2) is 15.8 Å². The first-order valence-corrected chi connectivity index (χ1v) is 8.13. The molecule has 0 aliphatic heterocycles. The summed E-state index contributed by atoms with van der Waals surface area (Å²) in [6.07, 6.45) is 6.06. The van der Waals surface area contributed by atoms with Crippen LogP contribution >= 0.6 is 0 Å². The Kier molecular flexibility index (Phi) is 5.39. The van der Waals surface area contributed by atoms with E-state index in [1.807, 2.05) is 6.92 Å². The van der Waals surface area contributed by atoms with Gasteiger partial charge in [0, 0.05) is 17.5 Å². The largest absolute Gasteiger partial charge is 0.367 e. The molecule has 4 N–H and O–H groups in total.